The fourth-order valence-corrected chi connectivity index (χ4v) is 3.92. The van der Waals surface area contributed by atoms with Crippen LogP contribution in [-0.4, -0.2) is 20.5 Å². The van der Waals surface area contributed by atoms with Crippen molar-refractivity contribution in [2.45, 2.75) is 33.4 Å². The Bertz CT molecular complexity index is 1100. The first-order valence-electron chi connectivity index (χ1n) is 9.30. The van der Waals surface area contributed by atoms with Gasteiger partial charge in [0.15, 0.2) is 5.78 Å². The number of aromatic nitrogens is 3. The molecule has 1 N–H and O–H groups in total. The predicted molar refractivity (Wildman–Crippen MR) is 115 cm³/mol. The number of nitrogens with one attached hydrogen (secondary N) is 1. The number of benzene rings is 2. The lowest BCUT2D eigenvalue weighted by molar-refractivity contribution is -0.114. The Morgan fingerprint density at radius 1 is 1.21 bits per heavy atom. The Morgan fingerprint density at radius 2 is 1.97 bits per heavy atom. The molecule has 0 radical (unpaired) electrons. The second-order valence-corrected chi connectivity index (χ2v) is 8.02. The highest BCUT2D eigenvalue weighted by molar-refractivity contribution is 9.10. The van der Waals surface area contributed by atoms with E-state index in [4.69, 9.17) is 4.74 Å². The molecule has 1 atom stereocenters. The quantitative estimate of drug-likeness (QED) is 0.601. The lowest BCUT2D eigenvalue weighted by Gasteiger charge is -2.29. The number of carbonyl (C=O) groups is 1. The van der Waals surface area contributed by atoms with Crippen molar-refractivity contribution < 1.29 is 9.53 Å². The Labute approximate surface area is 177 Å². The lowest BCUT2D eigenvalue weighted by atomic mass is 9.92. The number of carbonyl (C=O) groups excluding carboxylic acids is 1. The summed E-state index contributed by atoms with van der Waals surface area (Å²) < 4.78 is 8.81. The molecule has 2 heterocycles. The lowest BCUT2D eigenvalue weighted by Crippen LogP contribution is -2.28. The minimum Gasteiger partial charge on any atom is -0.489 e. The number of allylic oxidation sites excluding steroid dienone is 2. The van der Waals surface area contributed by atoms with Gasteiger partial charge >= 0.3 is 0 Å². The molecule has 1 unspecified atom stereocenters. The van der Waals surface area contributed by atoms with E-state index in [9.17, 15) is 4.79 Å². The van der Waals surface area contributed by atoms with Crippen LogP contribution >= 0.6 is 15.9 Å². The zero-order chi connectivity index (χ0) is 20.5. The van der Waals surface area contributed by atoms with Gasteiger partial charge in [-0.15, -0.1) is 0 Å². The van der Waals surface area contributed by atoms with Crippen LogP contribution in [0.5, 0.6) is 5.75 Å². The van der Waals surface area contributed by atoms with Crippen molar-refractivity contribution in [2.24, 2.45) is 0 Å². The Hall–Kier alpha value is -2.93. The van der Waals surface area contributed by atoms with E-state index in [-0.39, 0.29) is 5.78 Å². The minimum absolute atomic E-state index is 0.0226. The zero-order valence-corrected chi connectivity index (χ0v) is 18.0. The van der Waals surface area contributed by atoms with Crippen molar-refractivity contribution in [3.05, 3.63) is 81.2 Å². The van der Waals surface area contributed by atoms with E-state index in [1.54, 1.807) is 11.6 Å². The van der Waals surface area contributed by atoms with Gasteiger partial charge in [-0.25, -0.2) is 4.68 Å². The van der Waals surface area contributed by atoms with Gasteiger partial charge in [-0.05, 0) is 44.5 Å². The molecule has 0 saturated heterocycles. The molecule has 2 aromatic carbocycles. The molecule has 0 saturated carbocycles. The first kappa shape index (κ1) is 19.4. The highest BCUT2D eigenvalue weighted by Gasteiger charge is 2.33. The van der Waals surface area contributed by atoms with Crippen LogP contribution in [0.4, 0.5) is 5.95 Å². The maximum Gasteiger partial charge on any atom is 0.226 e. The summed E-state index contributed by atoms with van der Waals surface area (Å²) in [5.41, 5.74) is 4.55. The van der Waals surface area contributed by atoms with Crippen molar-refractivity contribution in [3.8, 4) is 5.75 Å². The number of nitrogens with zero attached hydrogens (tertiary/aromatic N) is 3. The molecule has 1 aliphatic rings. The normalized spacial score (nSPS) is 15.7. The second-order valence-electron chi connectivity index (χ2n) is 7.11. The Kier molecular flexibility index (Phi) is 5.24. The number of rotatable bonds is 5. The van der Waals surface area contributed by atoms with Crippen LogP contribution in [0.3, 0.4) is 0 Å². The molecule has 0 amide bonds. The van der Waals surface area contributed by atoms with Gasteiger partial charge < -0.3 is 10.1 Å². The van der Waals surface area contributed by atoms with Gasteiger partial charge in [-0.3, -0.25) is 4.79 Å². The summed E-state index contributed by atoms with van der Waals surface area (Å²) in [5, 5.41) is 7.53. The Morgan fingerprint density at radius 3 is 2.69 bits per heavy atom. The molecule has 1 aliphatic heterocycles. The standard InChI is InChI=1S/C22H21BrN4O2/c1-13-4-6-16(7-5-13)11-29-19-9-8-17(23)10-18(19)21-20(15(3)28)14(2)26-22-24-12-25-27(21)22/h4-10,12,21H,11H2,1-3H3,(H,24,25,26). The van der Waals surface area contributed by atoms with Crippen molar-refractivity contribution in [2.75, 3.05) is 5.32 Å². The molecule has 7 heteroatoms. The van der Waals surface area contributed by atoms with Gasteiger partial charge in [0.05, 0.1) is 0 Å². The van der Waals surface area contributed by atoms with Crippen LogP contribution < -0.4 is 10.1 Å². The van der Waals surface area contributed by atoms with Crippen LogP contribution in [-0.2, 0) is 11.4 Å². The van der Waals surface area contributed by atoms with Gasteiger partial charge in [0, 0.05) is 21.3 Å². The summed E-state index contributed by atoms with van der Waals surface area (Å²) in [5.74, 6) is 1.28. The van der Waals surface area contributed by atoms with Crippen LogP contribution in [0.1, 0.15) is 36.6 Å². The van der Waals surface area contributed by atoms with E-state index >= 15 is 0 Å². The number of hydrogen-bond acceptors (Lipinski definition) is 5. The molecule has 0 spiro atoms. The minimum atomic E-state index is -0.420. The molecule has 148 valence electrons. The van der Waals surface area contributed by atoms with Gasteiger partial charge in [-0.2, -0.15) is 10.1 Å². The van der Waals surface area contributed by atoms with E-state index < -0.39 is 6.04 Å². The van der Waals surface area contributed by atoms with Gasteiger partial charge in [0.2, 0.25) is 5.95 Å². The number of fused-ring (bicyclic) bond motifs is 1. The Balaban J connectivity index is 1.76. The summed E-state index contributed by atoms with van der Waals surface area (Å²) >= 11 is 3.55. The van der Waals surface area contributed by atoms with Gasteiger partial charge in [-0.1, -0.05) is 45.8 Å². The van der Waals surface area contributed by atoms with E-state index in [1.165, 1.54) is 11.9 Å². The zero-order valence-electron chi connectivity index (χ0n) is 16.4. The summed E-state index contributed by atoms with van der Waals surface area (Å²) in [6.07, 6.45) is 1.48. The predicted octanol–water partition coefficient (Wildman–Crippen LogP) is 4.81. The molecule has 29 heavy (non-hydrogen) atoms. The number of ether oxygens (including phenoxy) is 1. The molecule has 0 bridgehead atoms. The van der Waals surface area contributed by atoms with Gasteiger partial charge in [0.1, 0.15) is 24.7 Å². The third-order valence-electron chi connectivity index (χ3n) is 4.96. The number of anilines is 1. The summed E-state index contributed by atoms with van der Waals surface area (Å²) in [6.45, 7) is 5.94. The maximum absolute atomic E-state index is 12.5. The largest absolute Gasteiger partial charge is 0.489 e. The highest BCUT2D eigenvalue weighted by atomic mass is 79.9. The highest BCUT2D eigenvalue weighted by Crippen LogP contribution is 2.40. The maximum atomic E-state index is 12.5. The third-order valence-corrected chi connectivity index (χ3v) is 5.45. The van der Waals surface area contributed by atoms with Crippen molar-refractivity contribution in [1.82, 2.24) is 14.8 Å². The average molecular weight is 453 g/mol. The molecular weight excluding hydrogens is 432 g/mol. The smallest absolute Gasteiger partial charge is 0.226 e. The number of Topliss-reactive ketones (excluding diaryl/α,β-unsaturated/α-hetero) is 1. The van der Waals surface area contributed by atoms with Crippen molar-refractivity contribution >= 4 is 27.7 Å². The first-order chi connectivity index (χ1) is 13.9. The SMILES string of the molecule is CC(=O)C1=C(C)Nc2ncnn2C1c1cc(Br)ccc1OCc1ccc(C)cc1. The summed E-state index contributed by atoms with van der Waals surface area (Å²) in [7, 11) is 0. The first-order valence-corrected chi connectivity index (χ1v) is 10.1. The average Bonchev–Trinajstić information content (AvgIpc) is 3.15. The molecule has 0 fully saturated rings. The molecular formula is C22H21BrN4O2. The van der Waals surface area contributed by atoms with Crippen LogP contribution in [0.15, 0.2) is 64.5 Å². The number of aryl methyl sites for hydroxylation is 1. The van der Waals surface area contributed by atoms with Crippen molar-refractivity contribution in [1.29, 1.82) is 0 Å². The van der Waals surface area contributed by atoms with E-state index in [0.29, 0.717) is 23.9 Å². The summed E-state index contributed by atoms with van der Waals surface area (Å²) in [4.78, 5) is 16.8. The fourth-order valence-electron chi connectivity index (χ4n) is 3.54. The summed E-state index contributed by atoms with van der Waals surface area (Å²) in [6, 6.07) is 13.6. The van der Waals surface area contributed by atoms with E-state index in [1.807, 2.05) is 25.1 Å². The van der Waals surface area contributed by atoms with Gasteiger partial charge in [0.25, 0.3) is 0 Å². The molecule has 4 rings (SSSR count). The fraction of sp³-hybridized carbons (Fsp3) is 0.227. The molecule has 6 nitrogen and oxygen atoms in total. The van der Waals surface area contributed by atoms with E-state index in [0.717, 1.165) is 21.3 Å². The van der Waals surface area contributed by atoms with Crippen LogP contribution in [0, 0.1) is 6.92 Å². The van der Waals surface area contributed by atoms with Crippen LogP contribution in [0.2, 0.25) is 0 Å². The molecule has 0 aliphatic carbocycles. The van der Waals surface area contributed by atoms with E-state index in [2.05, 4.69) is 62.5 Å². The number of ketones is 1. The second kappa shape index (κ2) is 7.83. The third kappa shape index (κ3) is 3.82. The molecule has 1 aromatic heterocycles. The number of halogens is 1. The van der Waals surface area contributed by atoms with Crippen molar-refractivity contribution in [3.63, 3.8) is 0 Å². The monoisotopic (exact) mass is 452 g/mol. The van der Waals surface area contributed by atoms with Crippen LogP contribution in [0.25, 0.3) is 0 Å². The topological polar surface area (TPSA) is 69.0 Å². The number of hydrogen-bond donors (Lipinski definition) is 1. The molecule has 3 aromatic rings.